The second-order valence-corrected chi connectivity index (χ2v) is 3.54. The maximum Gasteiger partial charge on any atom is 0.328 e. The van der Waals surface area contributed by atoms with Gasteiger partial charge in [0.05, 0.1) is 6.61 Å². The lowest BCUT2D eigenvalue weighted by Crippen LogP contribution is -2.42. The number of benzene rings is 1. The molecular weight excluding hydrogens is 252 g/mol. The van der Waals surface area contributed by atoms with E-state index in [-0.39, 0.29) is 6.61 Å². The van der Waals surface area contributed by atoms with Gasteiger partial charge in [0.25, 0.3) is 5.91 Å². The fourth-order valence-electron chi connectivity index (χ4n) is 1.27. The van der Waals surface area contributed by atoms with E-state index >= 15 is 0 Å². The summed E-state index contributed by atoms with van der Waals surface area (Å²) in [5.41, 5.74) is 7.02. The van der Waals surface area contributed by atoms with Crippen LogP contribution in [0.5, 0.6) is 0 Å². The van der Waals surface area contributed by atoms with E-state index in [0.29, 0.717) is 0 Å². The van der Waals surface area contributed by atoms with Crippen molar-refractivity contribution in [2.75, 3.05) is 0 Å². The zero-order valence-electron chi connectivity index (χ0n) is 9.83. The predicted molar refractivity (Wildman–Crippen MR) is 64.2 cm³/mol. The summed E-state index contributed by atoms with van der Waals surface area (Å²) >= 11 is 0. The van der Waals surface area contributed by atoms with Gasteiger partial charge in [-0.1, -0.05) is 30.3 Å². The van der Waals surface area contributed by atoms with Crippen LogP contribution in [0.1, 0.15) is 5.56 Å². The number of hydrogen-bond acceptors (Lipinski definition) is 5. The van der Waals surface area contributed by atoms with Crippen molar-refractivity contribution >= 4 is 17.8 Å². The van der Waals surface area contributed by atoms with Gasteiger partial charge >= 0.3 is 5.97 Å². The number of nitrogens with two attached hydrogens (primary N) is 1. The van der Waals surface area contributed by atoms with Crippen molar-refractivity contribution in [3.8, 4) is 0 Å². The average molecular weight is 264 g/mol. The van der Waals surface area contributed by atoms with Crippen LogP contribution in [-0.2, 0) is 25.8 Å². The van der Waals surface area contributed by atoms with Gasteiger partial charge in [0.15, 0.2) is 6.04 Å². The summed E-state index contributed by atoms with van der Waals surface area (Å²) in [6, 6.07) is 7.27. The van der Waals surface area contributed by atoms with Crippen molar-refractivity contribution in [3.63, 3.8) is 0 Å². The molecule has 19 heavy (non-hydrogen) atoms. The highest BCUT2D eigenvalue weighted by atomic mass is 16.6. The number of aliphatic carboxylic acids is 1. The van der Waals surface area contributed by atoms with Crippen molar-refractivity contribution in [2.45, 2.75) is 12.6 Å². The molecule has 0 aromatic heterocycles. The van der Waals surface area contributed by atoms with Gasteiger partial charge in [-0.15, -0.1) is 0 Å². The lowest BCUT2D eigenvalue weighted by atomic mass is 10.1. The second-order valence-electron chi connectivity index (χ2n) is 3.54. The Hall–Kier alpha value is -2.47. The van der Waals surface area contributed by atoms with Gasteiger partial charge in [0.1, 0.15) is 11.5 Å². The molecule has 1 atom stereocenters. The van der Waals surface area contributed by atoms with E-state index in [1.807, 2.05) is 6.07 Å². The molecule has 7 heteroatoms. The molecule has 1 aromatic carbocycles. The summed E-state index contributed by atoms with van der Waals surface area (Å²) in [5, 5.41) is 8.87. The maximum absolute atomic E-state index is 10.9. The fraction of sp³-hybridized carbons (Fsp3) is 0.167. The minimum absolute atomic E-state index is 0.0650. The number of carbonyl (C=O) groups is 2. The van der Waals surface area contributed by atoms with Gasteiger partial charge < -0.3 is 10.8 Å². The van der Waals surface area contributed by atoms with Crippen LogP contribution in [0.4, 0.5) is 0 Å². The maximum atomic E-state index is 10.9. The van der Waals surface area contributed by atoms with Gasteiger partial charge in [-0.05, 0) is 5.56 Å². The normalized spacial score (nSPS) is 11.4. The molecule has 1 unspecified atom stereocenters. The average Bonchev–Trinajstić information content (AvgIpc) is 2.38. The van der Waals surface area contributed by atoms with Crippen molar-refractivity contribution in [1.29, 1.82) is 0 Å². The van der Waals surface area contributed by atoms with E-state index in [1.165, 1.54) is 5.94 Å². The molecule has 1 aromatic rings. The molecule has 0 radical (unpaired) electrons. The van der Waals surface area contributed by atoms with Crippen LogP contribution in [0, 0.1) is 0 Å². The largest absolute Gasteiger partial charge is 0.480 e. The summed E-state index contributed by atoms with van der Waals surface area (Å²) < 4.78 is 0. The standard InChI is InChI=1S/C12H12N2O5/c13-11(16)9(6-15)10(12(17)18)14-19-7-8-4-2-1-3-5-8/h1-5,10,14H,7H2,(H2,13,16)(H,17,18). The highest BCUT2D eigenvalue weighted by Gasteiger charge is 2.27. The van der Waals surface area contributed by atoms with Crippen LogP contribution in [0.3, 0.4) is 0 Å². The van der Waals surface area contributed by atoms with Crippen LogP contribution in [0.25, 0.3) is 0 Å². The summed E-state index contributed by atoms with van der Waals surface area (Å²) in [5.74, 6) is -1.44. The zero-order valence-corrected chi connectivity index (χ0v) is 9.83. The highest BCUT2D eigenvalue weighted by Crippen LogP contribution is 2.02. The lowest BCUT2D eigenvalue weighted by molar-refractivity contribution is -0.143. The third-order valence-electron chi connectivity index (χ3n) is 2.19. The van der Waals surface area contributed by atoms with Crippen molar-refractivity contribution in [2.24, 2.45) is 5.73 Å². The summed E-state index contributed by atoms with van der Waals surface area (Å²) in [7, 11) is 0. The first-order chi connectivity index (χ1) is 9.06. The highest BCUT2D eigenvalue weighted by molar-refractivity contribution is 6.05. The molecule has 0 saturated heterocycles. The summed E-state index contributed by atoms with van der Waals surface area (Å²) in [6.07, 6.45) is 0. The van der Waals surface area contributed by atoms with E-state index < -0.39 is 23.5 Å². The first kappa shape index (κ1) is 14.6. The fourth-order valence-corrected chi connectivity index (χ4v) is 1.27. The number of carbonyl (C=O) groups excluding carboxylic acids is 2. The molecule has 4 N–H and O–H groups in total. The van der Waals surface area contributed by atoms with Crippen molar-refractivity contribution < 1.29 is 24.3 Å². The van der Waals surface area contributed by atoms with Crippen LogP contribution in [0.15, 0.2) is 35.9 Å². The SMILES string of the molecule is NC(=O)C(=C=O)C(NOCc1ccccc1)C(=O)O. The number of hydroxylamine groups is 1. The lowest BCUT2D eigenvalue weighted by Gasteiger charge is -2.13. The molecule has 7 nitrogen and oxygen atoms in total. The predicted octanol–water partition coefficient (Wildman–Crippen LogP) is -0.596. The Labute approximate surface area is 108 Å². The first-order valence-corrected chi connectivity index (χ1v) is 5.25. The molecule has 1 rings (SSSR count). The Balaban J connectivity index is 2.63. The van der Waals surface area contributed by atoms with Gasteiger partial charge in [0.2, 0.25) is 0 Å². The number of rotatable bonds is 7. The van der Waals surface area contributed by atoms with Crippen molar-refractivity contribution in [1.82, 2.24) is 5.48 Å². The molecule has 0 bridgehead atoms. The minimum Gasteiger partial charge on any atom is -0.480 e. The number of primary amides is 1. The Bertz CT molecular complexity index is 508. The van der Waals surface area contributed by atoms with Crippen LogP contribution in [0.2, 0.25) is 0 Å². The van der Waals surface area contributed by atoms with E-state index in [4.69, 9.17) is 15.7 Å². The Morgan fingerprint density at radius 3 is 2.47 bits per heavy atom. The van der Waals surface area contributed by atoms with Gasteiger partial charge in [0, 0.05) is 0 Å². The number of carboxylic acids is 1. The third kappa shape index (κ3) is 4.36. The smallest absolute Gasteiger partial charge is 0.328 e. The molecule has 0 spiro atoms. The van der Waals surface area contributed by atoms with Crippen molar-refractivity contribution in [3.05, 3.63) is 41.5 Å². The topological polar surface area (TPSA) is 119 Å². The van der Waals surface area contributed by atoms with Gasteiger partial charge in [-0.3, -0.25) is 14.4 Å². The molecule has 0 aliphatic heterocycles. The number of carboxylic acid groups (broad SMARTS) is 1. The molecule has 0 heterocycles. The second kappa shape index (κ2) is 7.07. The number of nitrogens with one attached hydrogen (secondary N) is 1. The van der Waals surface area contributed by atoms with E-state index in [0.717, 1.165) is 5.56 Å². The molecule has 0 fully saturated rings. The number of hydrogen-bond donors (Lipinski definition) is 3. The van der Waals surface area contributed by atoms with E-state index in [9.17, 15) is 14.4 Å². The van der Waals surface area contributed by atoms with Gasteiger partial charge in [-0.2, -0.15) is 5.48 Å². The molecule has 0 aliphatic carbocycles. The molecule has 0 saturated carbocycles. The summed E-state index contributed by atoms with van der Waals surface area (Å²) in [6.45, 7) is 0.0650. The molecular formula is C12H12N2O5. The van der Waals surface area contributed by atoms with E-state index in [2.05, 4.69) is 5.48 Å². The molecule has 0 aliphatic rings. The zero-order chi connectivity index (χ0) is 14.3. The quantitative estimate of drug-likeness (QED) is 0.344. The minimum atomic E-state index is -1.65. The van der Waals surface area contributed by atoms with Crippen LogP contribution >= 0.6 is 0 Å². The van der Waals surface area contributed by atoms with E-state index in [1.54, 1.807) is 24.3 Å². The molecule has 100 valence electrons. The van der Waals surface area contributed by atoms with Gasteiger partial charge in [-0.25, -0.2) is 4.79 Å². The number of amides is 1. The van der Waals surface area contributed by atoms with Crippen LogP contribution in [-0.4, -0.2) is 29.0 Å². The summed E-state index contributed by atoms with van der Waals surface area (Å²) in [4.78, 5) is 37.2. The first-order valence-electron chi connectivity index (χ1n) is 5.25. The Kier molecular flexibility index (Phi) is 5.43. The molecule has 1 amide bonds. The Morgan fingerprint density at radius 1 is 1.37 bits per heavy atom. The van der Waals surface area contributed by atoms with Crippen LogP contribution < -0.4 is 11.2 Å². The monoisotopic (exact) mass is 264 g/mol. The third-order valence-corrected chi connectivity index (χ3v) is 2.19. The Morgan fingerprint density at radius 2 is 2.00 bits per heavy atom.